The predicted octanol–water partition coefficient (Wildman–Crippen LogP) is 5.85. The molecule has 0 amide bonds. The second kappa shape index (κ2) is 10.4. The monoisotopic (exact) mass is 462 g/mol. The summed E-state index contributed by atoms with van der Waals surface area (Å²) in [6, 6.07) is 13.0. The molecule has 1 atom stereocenters. The fourth-order valence-electron chi connectivity index (χ4n) is 3.92. The van der Waals surface area contributed by atoms with Gasteiger partial charge in [0.1, 0.15) is 11.6 Å². The zero-order valence-electron chi connectivity index (χ0n) is 17.8. The molecular weight excluding hydrogens is 437 g/mol. The molecule has 1 aliphatic rings. The van der Waals surface area contributed by atoms with Crippen LogP contribution < -0.4 is 4.74 Å². The van der Waals surface area contributed by atoms with Gasteiger partial charge in [0.05, 0.1) is 6.04 Å². The number of thioether (sulfide) groups is 1. The van der Waals surface area contributed by atoms with E-state index in [1.54, 1.807) is 30.3 Å². The number of ether oxygens (including phenoxy) is 1. The van der Waals surface area contributed by atoms with Gasteiger partial charge in [-0.15, -0.1) is 10.2 Å². The highest BCUT2D eigenvalue weighted by molar-refractivity contribution is 7.98. The Hall–Kier alpha value is -2.52. The number of halogens is 3. The second-order valence-corrected chi connectivity index (χ2v) is 8.64. The van der Waals surface area contributed by atoms with Gasteiger partial charge in [-0.25, -0.2) is 4.39 Å². The summed E-state index contributed by atoms with van der Waals surface area (Å²) in [4.78, 5) is 2.38. The van der Waals surface area contributed by atoms with Gasteiger partial charge in [0.25, 0.3) is 0 Å². The maximum atomic E-state index is 13.6. The van der Waals surface area contributed by atoms with E-state index in [0.717, 1.165) is 37.4 Å². The number of benzene rings is 2. The zero-order valence-corrected chi connectivity index (χ0v) is 18.6. The third-order valence-corrected chi connectivity index (χ3v) is 6.58. The van der Waals surface area contributed by atoms with E-state index in [1.165, 1.54) is 36.4 Å². The Labute approximate surface area is 189 Å². The lowest BCUT2D eigenvalue weighted by molar-refractivity contribution is -0.0503. The van der Waals surface area contributed by atoms with E-state index in [4.69, 9.17) is 0 Å². The molecule has 4 rings (SSSR count). The van der Waals surface area contributed by atoms with Crippen LogP contribution in [0.25, 0.3) is 5.69 Å². The van der Waals surface area contributed by atoms with Gasteiger partial charge >= 0.3 is 6.61 Å². The van der Waals surface area contributed by atoms with Crippen LogP contribution in [-0.4, -0.2) is 39.4 Å². The van der Waals surface area contributed by atoms with Gasteiger partial charge in [-0.2, -0.15) is 8.78 Å². The molecule has 1 fully saturated rings. The Balaban J connectivity index is 1.63. The molecule has 5 nitrogen and oxygen atoms in total. The summed E-state index contributed by atoms with van der Waals surface area (Å²) in [5.41, 5.74) is 1.40. The van der Waals surface area contributed by atoms with Gasteiger partial charge in [0.2, 0.25) is 0 Å². The van der Waals surface area contributed by atoms with Gasteiger partial charge in [-0.05, 0) is 63.2 Å². The number of para-hydroxylation sites is 1. The minimum absolute atomic E-state index is 0.0386. The molecular formula is C23H25F3N4OS. The first-order chi connectivity index (χ1) is 15.5. The first-order valence-corrected chi connectivity index (χ1v) is 11.6. The second-order valence-electron chi connectivity index (χ2n) is 7.70. The molecule has 2 aromatic carbocycles. The molecule has 2 heterocycles. The summed E-state index contributed by atoms with van der Waals surface area (Å²) < 4.78 is 45.7. The van der Waals surface area contributed by atoms with Crippen LogP contribution in [0.1, 0.15) is 43.6 Å². The third-order valence-electron chi connectivity index (χ3n) is 5.60. The van der Waals surface area contributed by atoms with Crippen LogP contribution in [-0.2, 0) is 5.75 Å². The van der Waals surface area contributed by atoms with E-state index in [-0.39, 0.29) is 17.6 Å². The van der Waals surface area contributed by atoms with Crippen LogP contribution in [0, 0.1) is 5.82 Å². The molecule has 1 aromatic heterocycles. The first kappa shape index (κ1) is 22.7. The number of hydrogen-bond donors (Lipinski definition) is 0. The summed E-state index contributed by atoms with van der Waals surface area (Å²) in [6.07, 6.45) is 3.53. The highest BCUT2D eigenvalue weighted by Gasteiger charge is 2.25. The van der Waals surface area contributed by atoms with E-state index in [1.807, 2.05) is 4.57 Å². The highest BCUT2D eigenvalue weighted by Crippen LogP contribution is 2.32. The van der Waals surface area contributed by atoms with Gasteiger partial charge in [0, 0.05) is 17.0 Å². The van der Waals surface area contributed by atoms with Crippen molar-refractivity contribution in [3.63, 3.8) is 0 Å². The standard InChI is InChI=1S/C23H25F3N4OS/c1-16(29-13-5-2-6-14-29)21-27-28-23(30(21)19-11-9-18(24)10-12-19)32-15-17-7-3-4-8-20(17)31-22(25)26/h3-4,7-12,16,22H,2,5-6,13-15H2,1H3/t16-/m1/s1. The molecule has 3 aromatic rings. The van der Waals surface area contributed by atoms with E-state index in [9.17, 15) is 13.2 Å². The minimum atomic E-state index is -2.89. The Morgan fingerprint density at radius 3 is 2.44 bits per heavy atom. The molecule has 170 valence electrons. The van der Waals surface area contributed by atoms with Crippen molar-refractivity contribution in [2.24, 2.45) is 0 Å². The number of nitrogens with zero attached hydrogens (tertiary/aromatic N) is 4. The van der Waals surface area contributed by atoms with Crippen LogP contribution in [0.4, 0.5) is 13.2 Å². The van der Waals surface area contributed by atoms with Crippen molar-refractivity contribution in [1.82, 2.24) is 19.7 Å². The fourth-order valence-corrected chi connectivity index (χ4v) is 4.87. The van der Waals surface area contributed by atoms with Gasteiger partial charge in [-0.3, -0.25) is 9.47 Å². The number of piperidine rings is 1. The number of rotatable bonds is 8. The zero-order chi connectivity index (χ0) is 22.5. The summed E-state index contributed by atoms with van der Waals surface area (Å²) >= 11 is 1.38. The van der Waals surface area contributed by atoms with Crippen molar-refractivity contribution in [3.8, 4) is 11.4 Å². The van der Waals surface area contributed by atoms with E-state index in [2.05, 4.69) is 26.8 Å². The SMILES string of the molecule is C[C@H](c1nnc(SCc2ccccc2OC(F)F)n1-c1ccc(F)cc1)N1CCCCC1. The molecule has 0 unspecified atom stereocenters. The smallest absolute Gasteiger partial charge is 0.387 e. The lowest BCUT2D eigenvalue weighted by Crippen LogP contribution is -2.33. The first-order valence-electron chi connectivity index (χ1n) is 10.6. The van der Waals surface area contributed by atoms with E-state index < -0.39 is 6.61 Å². The summed E-state index contributed by atoms with van der Waals surface area (Å²) in [5.74, 6) is 0.975. The quantitative estimate of drug-likeness (QED) is 0.393. The van der Waals surface area contributed by atoms with Crippen LogP contribution in [0.15, 0.2) is 53.7 Å². The lowest BCUT2D eigenvalue weighted by Gasteiger charge is -2.31. The van der Waals surface area contributed by atoms with Crippen molar-refractivity contribution in [1.29, 1.82) is 0 Å². The van der Waals surface area contributed by atoms with Crippen LogP contribution in [0.5, 0.6) is 5.75 Å². The van der Waals surface area contributed by atoms with E-state index >= 15 is 0 Å². The third kappa shape index (κ3) is 5.27. The minimum Gasteiger partial charge on any atom is -0.435 e. The topological polar surface area (TPSA) is 43.2 Å². The van der Waals surface area contributed by atoms with Gasteiger partial charge < -0.3 is 4.74 Å². The normalized spacial score (nSPS) is 15.8. The van der Waals surface area contributed by atoms with Crippen LogP contribution in [0.2, 0.25) is 0 Å². The molecule has 32 heavy (non-hydrogen) atoms. The summed E-state index contributed by atoms with van der Waals surface area (Å²) in [5, 5.41) is 9.49. The maximum Gasteiger partial charge on any atom is 0.387 e. The molecule has 0 radical (unpaired) electrons. The number of likely N-dealkylation sites (tertiary alicyclic amines) is 1. The van der Waals surface area contributed by atoms with Crippen molar-refractivity contribution < 1.29 is 17.9 Å². The van der Waals surface area contributed by atoms with E-state index in [0.29, 0.717) is 16.5 Å². The van der Waals surface area contributed by atoms with Crippen molar-refractivity contribution in [3.05, 3.63) is 65.7 Å². The summed E-state index contributed by atoms with van der Waals surface area (Å²) in [7, 11) is 0. The van der Waals surface area contributed by atoms with Crippen molar-refractivity contribution >= 4 is 11.8 Å². The number of aromatic nitrogens is 3. The Morgan fingerprint density at radius 2 is 1.72 bits per heavy atom. The largest absolute Gasteiger partial charge is 0.435 e. The van der Waals surface area contributed by atoms with Crippen molar-refractivity contribution in [2.75, 3.05) is 13.1 Å². The Kier molecular flexibility index (Phi) is 7.36. The van der Waals surface area contributed by atoms with Crippen molar-refractivity contribution in [2.45, 2.75) is 49.7 Å². The molecule has 0 aliphatic carbocycles. The van der Waals surface area contributed by atoms with Gasteiger partial charge in [-0.1, -0.05) is 36.4 Å². The molecule has 0 spiro atoms. The van der Waals surface area contributed by atoms with Crippen LogP contribution in [0.3, 0.4) is 0 Å². The average Bonchev–Trinajstić information content (AvgIpc) is 3.22. The molecule has 1 saturated heterocycles. The summed E-state index contributed by atoms with van der Waals surface area (Å²) in [6.45, 7) is 1.22. The lowest BCUT2D eigenvalue weighted by atomic mass is 10.1. The van der Waals surface area contributed by atoms with Gasteiger partial charge in [0.15, 0.2) is 11.0 Å². The fraction of sp³-hybridized carbons (Fsp3) is 0.391. The molecule has 0 N–H and O–H groups in total. The number of alkyl halides is 2. The molecule has 1 aliphatic heterocycles. The Bertz CT molecular complexity index is 1020. The molecule has 9 heteroatoms. The molecule has 0 saturated carbocycles. The average molecular weight is 463 g/mol. The predicted molar refractivity (Wildman–Crippen MR) is 118 cm³/mol. The number of hydrogen-bond acceptors (Lipinski definition) is 5. The Morgan fingerprint density at radius 1 is 1.00 bits per heavy atom. The van der Waals surface area contributed by atoms with Crippen LogP contribution >= 0.6 is 11.8 Å². The molecule has 0 bridgehead atoms. The maximum absolute atomic E-state index is 13.6. The highest BCUT2D eigenvalue weighted by atomic mass is 32.2.